The monoisotopic (exact) mass is 228 g/mol. The first kappa shape index (κ1) is 11.8. The minimum Gasteiger partial charge on any atom is -0.481 e. The van der Waals surface area contributed by atoms with E-state index in [1.54, 1.807) is 0 Å². The SMILES string of the molecule is COc1cc(C(F)F)c(C(=O)O)c(C#N)n1. The second kappa shape index (κ2) is 4.53. The first-order chi connectivity index (χ1) is 7.51. The molecule has 1 rings (SSSR count). The second-order valence-corrected chi connectivity index (χ2v) is 2.70. The lowest BCUT2D eigenvalue weighted by Crippen LogP contribution is -2.09. The van der Waals surface area contributed by atoms with Gasteiger partial charge in [-0.05, 0) is 0 Å². The third-order valence-corrected chi connectivity index (χ3v) is 1.79. The molecule has 0 aliphatic rings. The Bertz CT molecular complexity index is 469. The van der Waals surface area contributed by atoms with Crippen LogP contribution in [-0.2, 0) is 0 Å². The number of hydrogen-bond acceptors (Lipinski definition) is 4. The van der Waals surface area contributed by atoms with Gasteiger partial charge in [-0.15, -0.1) is 0 Å². The van der Waals surface area contributed by atoms with Crippen LogP contribution < -0.4 is 4.74 Å². The third-order valence-electron chi connectivity index (χ3n) is 1.79. The third kappa shape index (κ3) is 2.06. The molecule has 1 heterocycles. The minimum absolute atomic E-state index is 0.225. The normalized spacial score (nSPS) is 9.94. The highest BCUT2D eigenvalue weighted by atomic mass is 19.3. The molecule has 84 valence electrons. The van der Waals surface area contributed by atoms with Crippen LogP contribution in [0.1, 0.15) is 28.0 Å². The molecule has 0 fully saturated rings. The predicted molar refractivity (Wildman–Crippen MR) is 47.4 cm³/mol. The van der Waals surface area contributed by atoms with Crippen molar-refractivity contribution in [2.75, 3.05) is 7.11 Å². The van der Waals surface area contributed by atoms with Gasteiger partial charge in [0.15, 0.2) is 5.69 Å². The number of carboxylic acid groups (broad SMARTS) is 1. The van der Waals surface area contributed by atoms with Crippen molar-refractivity contribution in [3.05, 3.63) is 22.9 Å². The first-order valence-electron chi connectivity index (χ1n) is 4.01. The van der Waals surface area contributed by atoms with E-state index in [4.69, 9.17) is 10.4 Å². The summed E-state index contributed by atoms with van der Waals surface area (Å²) in [5.41, 5.74) is -2.17. The Balaban J connectivity index is 3.55. The molecule has 1 N–H and O–H groups in total. The molecular weight excluding hydrogens is 222 g/mol. The van der Waals surface area contributed by atoms with E-state index in [0.717, 1.165) is 6.07 Å². The molecule has 0 saturated heterocycles. The first-order valence-corrected chi connectivity index (χ1v) is 4.01. The molecule has 1 aromatic heterocycles. The Morgan fingerprint density at radius 1 is 1.69 bits per heavy atom. The summed E-state index contributed by atoms with van der Waals surface area (Å²) >= 11 is 0. The number of alkyl halides is 2. The number of halogens is 2. The number of hydrogen-bond donors (Lipinski definition) is 1. The quantitative estimate of drug-likeness (QED) is 0.849. The Kier molecular flexibility index (Phi) is 3.35. The lowest BCUT2D eigenvalue weighted by atomic mass is 10.1. The molecule has 0 bridgehead atoms. The van der Waals surface area contributed by atoms with Crippen molar-refractivity contribution in [3.8, 4) is 11.9 Å². The average Bonchev–Trinajstić information content (AvgIpc) is 2.26. The fourth-order valence-electron chi connectivity index (χ4n) is 1.12. The van der Waals surface area contributed by atoms with E-state index in [2.05, 4.69) is 9.72 Å². The zero-order valence-corrected chi connectivity index (χ0v) is 8.07. The number of carboxylic acids is 1. The van der Waals surface area contributed by atoms with E-state index < -0.39 is 29.2 Å². The number of ether oxygens (including phenoxy) is 1. The summed E-state index contributed by atoms with van der Waals surface area (Å²) in [5, 5.41) is 17.3. The fraction of sp³-hybridized carbons (Fsp3) is 0.222. The number of nitrogens with zero attached hydrogens (tertiary/aromatic N) is 2. The fourth-order valence-corrected chi connectivity index (χ4v) is 1.12. The number of aromatic carboxylic acids is 1. The van der Waals surface area contributed by atoms with Gasteiger partial charge in [0.2, 0.25) is 5.88 Å². The van der Waals surface area contributed by atoms with Gasteiger partial charge in [-0.2, -0.15) is 5.26 Å². The molecule has 7 heteroatoms. The topological polar surface area (TPSA) is 83.2 Å². The summed E-state index contributed by atoms with van der Waals surface area (Å²) < 4.78 is 29.7. The van der Waals surface area contributed by atoms with Crippen LogP contribution >= 0.6 is 0 Å². The Morgan fingerprint density at radius 3 is 2.69 bits per heavy atom. The van der Waals surface area contributed by atoms with Crippen LogP contribution in [0.4, 0.5) is 8.78 Å². The summed E-state index contributed by atoms with van der Waals surface area (Å²) in [6, 6.07) is 2.24. The Labute approximate surface area is 88.9 Å². The summed E-state index contributed by atoms with van der Waals surface area (Å²) in [7, 11) is 1.18. The van der Waals surface area contributed by atoms with Crippen molar-refractivity contribution in [1.82, 2.24) is 4.98 Å². The molecule has 0 atom stereocenters. The average molecular weight is 228 g/mol. The molecule has 0 amide bonds. The maximum absolute atomic E-state index is 12.6. The van der Waals surface area contributed by atoms with Crippen molar-refractivity contribution < 1.29 is 23.4 Å². The molecule has 0 spiro atoms. The van der Waals surface area contributed by atoms with Crippen molar-refractivity contribution >= 4 is 5.97 Å². The van der Waals surface area contributed by atoms with Gasteiger partial charge >= 0.3 is 5.97 Å². The molecular formula is C9H6F2N2O3. The Morgan fingerprint density at radius 2 is 2.31 bits per heavy atom. The number of nitriles is 1. The highest BCUT2D eigenvalue weighted by Gasteiger charge is 2.24. The standard InChI is InChI=1S/C9H6F2N2O3/c1-16-6-2-4(8(10)11)7(9(14)15)5(3-12)13-6/h2,8H,1H3,(H,14,15). The molecule has 5 nitrogen and oxygen atoms in total. The number of pyridine rings is 1. The lowest BCUT2D eigenvalue weighted by Gasteiger charge is -2.08. The van der Waals surface area contributed by atoms with Crippen LogP contribution in [0.15, 0.2) is 6.07 Å². The highest BCUT2D eigenvalue weighted by Crippen LogP contribution is 2.27. The largest absolute Gasteiger partial charge is 0.481 e. The van der Waals surface area contributed by atoms with Crippen LogP contribution in [0.25, 0.3) is 0 Å². The van der Waals surface area contributed by atoms with E-state index in [1.165, 1.54) is 13.2 Å². The van der Waals surface area contributed by atoms with Crippen LogP contribution in [0.5, 0.6) is 5.88 Å². The number of methoxy groups -OCH3 is 1. The van der Waals surface area contributed by atoms with Gasteiger partial charge in [-0.25, -0.2) is 18.6 Å². The van der Waals surface area contributed by atoms with Gasteiger partial charge in [0.05, 0.1) is 7.11 Å². The summed E-state index contributed by atoms with van der Waals surface area (Å²) in [6.07, 6.45) is -3.02. The predicted octanol–water partition coefficient (Wildman–Crippen LogP) is 1.60. The van der Waals surface area contributed by atoms with Gasteiger partial charge in [-0.3, -0.25) is 0 Å². The zero-order valence-electron chi connectivity index (χ0n) is 8.07. The lowest BCUT2D eigenvalue weighted by molar-refractivity contribution is 0.0683. The maximum atomic E-state index is 12.6. The molecule has 1 aromatic rings. The van der Waals surface area contributed by atoms with Crippen LogP contribution in [-0.4, -0.2) is 23.2 Å². The summed E-state index contributed by atoms with van der Waals surface area (Å²) in [5.74, 6) is -1.85. The van der Waals surface area contributed by atoms with E-state index in [9.17, 15) is 13.6 Å². The molecule has 0 aromatic carbocycles. The van der Waals surface area contributed by atoms with Gasteiger partial charge < -0.3 is 9.84 Å². The van der Waals surface area contributed by atoms with E-state index in [1.807, 2.05) is 0 Å². The van der Waals surface area contributed by atoms with Crippen molar-refractivity contribution in [1.29, 1.82) is 5.26 Å². The zero-order chi connectivity index (χ0) is 12.3. The smallest absolute Gasteiger partial charge is 0.339 e. The minimum atomic E-state index is -3.02. The number of rotatable bonds is 3. The molecule has 0 unspecified atom stereocenters. The molecule has 0 saturated carbocycles. The van der Waals surface area contributed by atoms with Crippen LogP contribution in [0, 0.1) is 11.3 Å². The summed E-state index contributed by atoms with van der Waals surface area (Å²) in [4.78, 5) is 14.2. The van der Waals surface area contributed by atoms with Gasteiger partial charge in [0.1, 0.15) is 11.6 Å². The number of carbonyl (C=O) groups is 1. The second-order valence-electron chi connectivity index (χ2n) is 2.70. The molecule has 0 aliphatic carbocycles. The van der Waals surface area contributed by atoms with Crippen LogP contribution in [0.3, 0.4) is 0 Å². The van der Waals surface area contributed by atoms with Crippen molar-refractivity contribution in [2.24, 2.45) is 0 Å². The molecule has 16 heavy (non-hydrogen) atoms. The molecule has 0 aliphatic heterocycles. The highest BCUT2D eigenvalue weighted by molar-refractivity contribution is 5.92. The van der Waals surface area contributed by atoms with Gasteiger partial charge in [-0.1, -0.05) is 0 Å². The van der Waals surface area contributed by atoms with Gasteiger partial charge in [0.25, 0.3) is 6.43 Å². The van der Waals surface area contributed by atoms with E-state index >= 15 is 0 Å². The van der Waals surface area contributed by atoms with E-state index in [-0.39, 0.29) is 5.88 Å². The van der Waals surface area contributed by atoms with Crippen molar-refractivity contribution in [2.45, 2.75) is 6.43 Å². The summed E-state index contributed by atoms with van der Waals surface area (Å²) in [6.45, 7) is 0. The van der Waals surface area contributed by atoms with Gasteiger partial charge in [0, 0.05) is 11.6 Å². The Hall–Kier alpha value is -2.23. The van der Waals surface area contributed by atoms with E-state index in [0.29, 0.717) is 0 Å². The maximum Gasteiger partial charge on any atom is 0.339 e. The number of aromatic nitrogens is 1. The van der Waals surface area contributed by atoms with Crippen molar-refractivity contribution in [3.63, 3.8) is 0 Å². The molecule has 0 radical (unpaired) electrons. The van der Waals surface area contributed by atoms with Crippen LogP contribution in [0.2, 0.25) is 0 Å².